The van der Waals surface area contributed by atoms with Gasteiger partial charge in [-0.3, -0.25) is 9.59 Å². The van der Waals surface area contributed by atoms with Crippen LogP contribution in [0.4, 0.5) is 48.1 Å². The topological polar surface area (TPSA) is 277 Å². The fourth-order valence-electron chi connectivity index (χ4n) is 6.31. The van der Waals surface area contributed by atoms with Crippen molar-refractivity contribution in [1.29, 1.82) is 0 Å². The van der Waals surface area contributed by atoms with Crippen LogP contribution < -0.4 is 55.9 Å². The molecule has 0 atom stereocenters. The maximum Gasteiger partial charge on any atom is 0.356 e. The molecule has 6 heterocycles. The first-order valence-corrected chi connectivity index (χ1v) is 20.1. The molecule has 0 saturated carbocycles. The minimum atomic E-state index is -1.59. The highest BCUT2D eigenvalue weighted by Crippen LogP contribution is 2.38. The number of aliphatic hydroxyl groups is 2. The number of halogens is 9. The number of nitrogen functional groups attached to an aromatic ring is 4. The second kappa shape index (κ2) is 20.4. The second-order valence-electron chi connectivity index (χ2n) is 14.2. The molecule has 8 rings (SSSR count). The molecule has 2 fully saturated rings. The molecule has 2 aromatic carbocycles. The van der Waals surface area contributed by atoms with Gasteiger partial charge in [0.05, 0.1) is 44.7 Å². The zero-order valence-electron chi connectivity index (χ0n) is 34.7. The summed E-state index contributed by atoms with van der Waals surface area (Å²) in [5.74, 6) is -1.48. The summed E-state index contributed by atoms with van der Waals surface area (Å²) < 4.78 is 98.4. The molecular formula is C38H40Cl2F7N13O6. The normalized spacial score (nSPS) is 13.7. The van der Waals surface area contributed by atoms with Crippen molar-refractivity contribution in [1.82, 2.24) is 38.7 Å². The van der Waals surface area contributed by atoms with Crippen molar-refractivity contribution in [3.05, 3.63) is 117 Å². The number of aliphatic hydroxyl groups excluding tert-OH is 2. The van der Waals surface area contributed by atoms with Crippen molar-refractivity contribution in [3.8, 4) is 11.6 Å². The Balaban J connectivity index is 0.000000199. The summed E-state index contributed by atoms with van der Waals surface area (Å²) in [6.45, 7) is 11.8. The van der Waals surface area contributed by atoms with Crippen LogP contribution in [0.1, 0.15) is 20.8 Å². The van der Waals surface area contributed by atoms with Crippen LogP contribution in [0.25, 0.3) is 33.4 Å². The molecule has 0 radical (unpaired) electrons. The van der Waals surface area contributed by atoms with Crippen molar-refractivity contribution >= 4 is 62.3 Å². The van der Waals surface area contributed by atoms with Crippen molar-refractivity contribution in [2.75, 3.05) is 73.9 Å². The van der Waals surface area contributed by atoms with Crippen molar-refractivity contribution in [2.45, 2.75) is 33.0 Å². The van der Waals surface area contributed by atoms with Gasteiger partial charge in [-0.05, 0) is 31.8 Å². The number of hydrogen-bond donors (Lipinski definition) is 7. The number of anilines is 3. The Hall–Kier alpha value is -6.45. The molecular weight excluding hydrogens is 938 g/mol. The molecule has 0 unspecified atom stereocenters. The third-order valence-corrected chi connectivity index (χ3v) is 10.7. The number of rotatable bonds is 6. The van der Waals surface area contributed by atoms with Gasteiger partial charge in [-0.2, -0.15) is 9.35 Å². The number of nitrogens with zero attached hydrogens (tertiary/aromatic N) is 8. The van der Waals surface area contributed by atoms with Gasteiger partial charge in [-0.15, -0.1) is 0 Å². The van der Waals surface area contributed by atoms with Crippen LogP contribution in [0.3, 0.4) is 0 Å². The highest BCUT2D eigenvalue weighted by Gasteiger charge is 2.32. The maximum atomic E-state index is 14.7. The van der Waals surface area contributed by atoms with Crippen molar-refractivity contribution < 1.29 is 40.9 Å². The molecule has 0 bridgehead atoms. The molecule has 0 spiro atoms. The summed E-state index contributed by atoms with van der Waals surface area (Å²) in [5, 5.41) is 18.3. The lowest BCUT2D eigenvalue weighted by molar-refractivity contribution is 0.117. The van der Waals surface area contributed by atoms with Crippen molar-refractivity contribution in [3.63, 3.8) is 0 Å². The highest BCUT2D eigenvalue weighted by atomic mass is 35.5. The Morgan fingerprint density at radius 2 is 1.05 bits per heavy atom. The Bertz CT molecular complexity index is 3080. The predicted octanol–water partition coefficient (Wildman–Crippen LogP) is 1.45. The van der Waals surface area contributed by atoms with Gasteiger partial charge in [0.15, 0.2) is 58.2 Å². The Morgan fingerprint density at radius 3 is 1.39 bits per heavy atom. The second-order valence-corrected chi connectivity index (χ2v) is 15.0. The smallest absolute Gasteiger partial charge is 0.356 e. The van der Waals surface area contributed by atoms with E-state index in [0.29, 0.717) is 27.3 Å². The lowest BCUT2D eigenvalue weighted by atomic mass is 10.1. The van der Waals surface area contributed by atoms with Crippen LogP contribution in [-0.2, 0) is 0 Å². The van der Waals surface area contributed by atoms with Gasteiger partial charge in [0.25, 0.3) is 11.1 Å². The zero-order chi connectivity index (χ0) is 49.2. The molecule has 11 N–H and O–H groups in total. The molecule has 66 heavy (non-hydrogen) atoms. The summed E-state index contributed by atoms with van der Waals surface area (Å²) in [5.41, 5.74) is 4.38. The maximum absolute atomic E-state index is 14.7. The first kappa shape index (κ1) is 50.5. The Labute approximate surface area is 376 Å². The summed E-state index contributed by atoms with van der Waals surface area (Å²) in [7, 11) is 0. The number of nitrogens with one attached hydrogen (secondary N) is 1. The predicted molar refractivity (Wildman–Crippen MR) is 233 cm³/mol. The van der Waals surface area contributed by atoms with Crippen LogP contribution in [-0.4, -0.2) is 102 Å². The summed E-state index contributed by atoms with van der Waals surface area (Å²) in [6.07, 6.45) is -0.758. The summed E-state index contributed by atoms with van der Waals surface area (Å²) in [4.78, 5) is 60.0. The van der Waals surface area contributed by atoms with Crippen molar-refractivity contribution in [2.24, 2.45) is 0 Å². The van der Waals surface area contributed by atoms with Gasteiger partial charge in [0.1, 0.15) is 10.8 Å². The van der Waals surface area contributed by atoms with Crippen LogP contribution in [0, 0.1) is 40.7 Å². The molecule has 0 aliphatic carbocycles. The third kappa shape index (κ3) is 9.73. The van der Waals surface area contributed by atoms with Gasteiger partial charge in [0.2, 0.25) is 0 Å². The van der Waals surface area contributed by atoms with Crippen LogP contribution in [0.5, 0.6) is 0 Å². The summed E-state index contributed by atoms with van der Waals surface area (Å²) in [6, 6.07) is 1.93. The van der Waals surface area contributed by atoms with E-state index in [0.717, 1.165) is 19.2 Å². The lowest BCUT2D eigenvalue weighted by Gasteiger charge is -2.38. The van der Waals surface area contributed by atoms with E-state index in [-0.39, 0.29) is 34.2 Å². The molecule has 19 nitrogen and oxygen atoms in total. The Morgan fingerprint density at radius 1 is 0.652 bits per heavy atom. The van der Waals surface area contributed by atoms with Gasteiger partial charge < -0.3 is 48.5 Å². The van der Waals surface area contributed by atoms with E-state index in [1.165, 1.54) is 24.5 Å². The van der Waals surface area contributed by atoms with E-state index in [2.05, 4.69) is 41.0 Å². The highest BCUT2D eigenvalue weighted by molar-refractivity contribution is 6.38. The monoisotopic (exact) mass is 977 g/mol. The van der Waals surface area contributed by atoms with Gasteiger partial charge >= 0.3 is 11.4 Å². The minimum Gasteiger partial charge on any atom is -0.390 e. The number of pyridine rings is 2. The summed E-state index contributed by atoms with van der Waals surface area (Å²) >= 11 is 12.0. The molecule has 2 saturated heterocycles. The third-order valence-electron chi connectivity index (χ3n) is 10.0. The van der Waals surface area contributed by atoms with E-state index >= 15 is 0 Å². The zero-order valence-corrected chi connectivity index (χ0v) is 36.2. The van der Waals surface area contributed by atoms with Gasteiger partial charge in [0, 0.05) is 38.3 Å². The minimum absolute atomic E-state index is 0.0106. The van der Waals surface area contributed by atoms with E-state index in [4.69, 9.17) is 51.5 Å². The molecule has 4 aromatic heterocycles. The first-order chi connectivity index (χ1) is 31.0. The first-order valence-electron chi connectivity index (χ1n) is 19.3. The molecule has 2 aliphatic rings. The number of β-amino-alcohol motifs (C(OH)–C–C–N with tert-alkyl or cyclic N) is 2. The molecule has 2 aliphatic heterocycles. The standard InChI is InChI=1S/C16H12ClF3N6O3.C13H6ClF4N5O2.C6H15N.C3H7NO/c17-10-11-6(1-7(18)12(10)24-3-5(27)4-24)15(28)26(22)16(29)25(11)14-9(20)2-8(19)13(21)23-14;14-7-8(18)4(15)1-3-9(7)22(13(25)23(20)12(3)24)11-6(17)2-5(16)10(19)21-11;1-4-7(5-2)6-3;5-3-1-4-2-3/h1-2,5,27H,3-4,22H2,(H2,21,23);1-2H,20H2,(H2,19,21);4-6H2,1-3H3;3-5H,1-2H2. The number of nitrogens with two attached hydrogens (primary N) is 4. The van der Waals surface area contributed by atoms with E-state index < -0.39 is 124 Å². The average molecular weight is 979 g/mol. The van der Waals surface area contributed by atoms with Crippen LogP contribution in [0.15, 0.2) is 43.4 Å². The lowest BCUT2D eigenvalue weighted by Crippen LogP contribution is -2.51. The number of benzene rings is 2. The van der Waals surface area contributed by atoms with Crippen LogP contribution >= 0.6 is 23.2 Å². The molecule has 0 amide bonds. The number of hydrogen-bond acceptors (Lipinski definition) is 15. The van der Waals surface area contributed by atoms with Crippen LogP contribution in [0.2, 0.25) is 10.0 Å². The molecule has 28 heteroatoms. The largest absolute Gasteiger partial charge is 0.390 e. The van der Waals surface area contributed by atoms with Gasteiger partial charge in [-0.1, -0.05) is 44.0 Å². The van der Waals surface area contributed by atoms with E-state index in [1.807, 2.05) is 0 Å². The molecule has 356 valence electrons. The fourth-order valence-corrected chi connectivity index (χ4v) is 6.98. The molecule has 6 aromatic rings. The average Bonchev–Trinajstić information content (AvgIpc) is 3.25. The number of fused-ring (bicyclic) bond motifs is 2. The Kier molecular flexibility index (Phi) is 15.6. The quantitative estimate of drug-likeness (QED) is 0.0707. The van der Waals surface area contributed by atoms with E-state index in [1.54, 1.807) is 0 Å². The number of aromatic nitrogens is 6. The van der Waals surface area contributed by atoms with E-state index in [9.17, 15) is 55.0 Å². The van der Waals surface area contributed by atoms with Gasteiger partial charge in [-0.25, -0.2) is 59.4 Å². The fraction of sp³-hybridized carbons (Fsp3) is 0.316. The SMILES string of the molecule is CCN(CC)CC.Nc1nc(-n2c(=O)n(N)c(=O)c3cc(F)c(F)c(Cl)c32)c(F)cc1F.Nc1nc(-n2c(=O)n(N)c(=O)c3cc(F)c(N4CC(O)C4)c(Cl)c32)c(F)cc1F.OC1CNC1.